The summed E-state index contributed by atoms with van der Waals surface area (Å²) >= 11 is 0. The maximum absolute atomic E-state index is 13.9. The van der Waals surface area contributed by atoms with Crippen LogP contribution >= 0.6 is 0 Å². The molecule has 0 spiro atoms. The minimum Gasteiger partial charge on any atom is -0.452 e. The first-order valence-corrected chi connectivity index (χ1v) is 10.4. The fourth-order valence-electron chi connectivity index (χ4n) is 3.48. The van der Waals surface area contributed by atoms with Gasteiger partial charge in [0.2, 0.25) is 0 Å². The molecule has 0 bridgehead atoms. The molecule has 2 aromatic rings. The summed E-state index contributed by atoms with van der Waals surface area (Å²) in [4.78, 5) is 38.7. The highest BCUT2D eigenvalue weighted by Crippen LogP contribution is 2.26. The predicted molar refractivity (Wildman–Crippen MR) is 112 cm³/mol. The summed E-state index contributed by atoms with van der Waals surface area (Å²) in [5.74, 6) is -4.59. The van der Waals surface area contributed by atoms with Gasteiger partial charge >= 0.3 is 12.6 Å². The average molecular weight is 482 g/mol. The first-order chi connectivity index (χ1) is 16.2. The topological polar surface area (TPSA) is 84.9 Å². The predicted octanol–water partition coefficient (Wildman–Crippen LogP) is 3.99. The molecule has 182 valence electrons. The molecule has 11 heteroatoms. The molecule has 0 aromatic heterocycles. The molecule has 7 nitrogen and oxygen atoms in total. The third-order valence-corrected chi connectivity index (χ3v) is 5.30. The van der Waals surface area contributed by atoms with Crippen LogP contribution in [0, 0.1) is 17.6 Å². The van der Waals surface area contributed by atoms with Crippen molar-refractivity contribution in [3.8, 4) is 5.75 Å². The molecule has 1 heterocycles. The molecular weight excluding hydrogens is 460 g/mol. The van der Waals surface area contributed by atoms with E-state index in [1.54, 1.807) is 0 Å². The van der Waals surface area contributed by atoms with Gasteiger partial charge in [-0.2, -0.15) is 8.78 Å². The number of rotatable bonds is 7. The molecule has 1 atom stereocenters. The van der Waals surface area contributed by atoms with E-state index in [4.69, 9.17) is 4.74 Å². The van der Waals surface area contributed by atoms with E-state index in [1.165, 1.54) is 36.1 Å². The fourth-order valence-corrected chi connectivity index (χ4v) is 3.48. The molecule has 0 aliphatic carbocycles. The molecule has 0 radical (unpaired) electrons. The number of halogens is 4. The Morgan fingerprint density at radius 1 is 1.06 bits per heavy atom. The van der Waals surface area contributed by atoms with E-state index in [0.717, 1.165) is 12.1 Å². The van der Waals surface area contributed by atoms with Crippen molar-refractivity contribution < 1.29 is 41.4 Å². The summed E-state index contributed by atoms with van der Waals surface area (Å²) in [5.41, 5.74) is -0.264. The van der Waals surface area contributed by atoms with Crippen LogP contribution in [0.4, 0.5) is 23.2 Å². The van der Waals surface area contributed by atoms with Gasteiger partial charge in [-0.3, -0.25) is 14.4 Å². The average Bonchev–Trinajstić information content (AvgIpc) is 2.79. The van der Waals surface area contributed by atoms with E-state index in [1.807, 2.05) is 0 Å². The van der Waals surface area contributed by atoms with Crippen LogP contribution < -0.4 is 10.1 Å². The zero-order valence-electron chi connectivity index (χ0n) is 18.1. The van der Waals surface area contributed by atoms with Gasteiger partial charge in [-0.05, 0) is 44.0 Å². The smallest absolute Gasteiger partial charge is 0.387 e. The van der Waals surface area contributed by atoms with Crippen LogP contribution in [-0.4, -0.2) is 48.5 Å². The molecule has 1 unspecified atom stereocenters. The molecule has 2 amide bonds. The molecule has 1 aliphatic rings. The molecule has 1 aliphatic heterocycles. The van der Waals surface area contributed by atoms with Crippen molar-refractivity contribution in [3.05, 3.63) is 59.7 Å². The van der Waals surface area contributed by atoms with Gasteiger partial charge in [-0.15, -0.1) is 0 Å². The number of ether oxygens (including phenoxy) is 2. The number of hydrogen-bond acceptors (Lipinski definition) is 5. The lowest BCUT2D eigenvalue weighted by atomic mass is 9.96. The van der Waals surface area contributed by atoms with Crippen LogP contribution in [0.2, 0.25) is 0 Å². The number of amides is 2. The number of carbonyl (C=O) groups excluding carboxylic acids is 3. The number of piperidine rings is 1. The maximum Gasteiger partial charge on any atom is 0.387 e. The number of esters is 1. The molecule has 0 saturated carbocycles. The van der Waals surface area contributed by atoms with Crippen LogP contribution in [0.5, 0.6) is 5.75 Å². The minimum atomic E-state index is -3.08. The second-order valence-electron chi connectivity index (χ2n) is 7.63. The third kappa shape index (κ3) is 6.24. The normalized spacial score (nSPS) is 15.1. The number of alkyl halides is 2. The van der Waals surface area contributed by atoms with Crippen molar-refractivity contribution in [2.45, 2.75) is 32.5 Å². The molecule has 3 rings (SSSR count). The van der Waals surface area contributed by atoms with E-state index in [2.05, 4.69) is 10.1 Å². The Morgan fingerprint density at radius 2 is 1.74 bits per heavy atom. The number of nitrogens with one attached hydrogen (secondary N) is 1. The summed E-state index contributed by atoms with van der Waals surface area (Å²) in [6.45, 7) is -1.45. The van der Waals surface area contributed by atoms with E-state index in [-0.39, 0.29) is 42.9 Å². The first-order valence-electron chi connectivity index (χ1n) is 10.4. The van der Waals surface area contributed by atoms with E-state index >= 15 is 0 Å². The maximum atomic E-state index is 13.9. The van der Waals surface area contributed by atoms with Crippen LogP contribution in [0.1, 0.15) is 30.1 Å². The second-order valence-corrected chi connectivity index (χ2v) is 7.63. The Kier molecular flexibility index (Phi) is 8.08. The zero-order valence-corrected chi connectivity index (χ0v) is 18.1. The SMILES string of the molecule is CC(OC(=O)C1CCN(C(=O)c2ccc(F)cc2F)CC1)C(=O)Nc1ccccc1OC(F)F. The van der Waals surface area contributed by atoms with Crippen molar-refractivity contribution in [3.63, 3.8) is 0 Å². The number of anilines is 1. The van der Waals surface area contributed by atoms with Gasteiger partial charge in [0, 0.05) is 19.2 Å². The van der Waals surface area contributed by atoms with Crippen molar-refractivity contribution >= 4 is 23.5 Å². The van der Waals surface area contributed by atoms with E-state index in [0.29, 0.717) is 6.07 Å². The van der Waals surface area contributed by atoms with Crippen molar-refractivity contribution in [2.24, 2.45) is 5.92 Å². The number of carbonyl (C=O) groups is 3. The summed E-state index contributed by atoms with van der Waals surface area (Å²) in [7, 11) is 0. The Bertz CT molecular complexity index is 1060. The number of hydrogen-bond donors (Lipinski definition) is 1. The molecule has 1 N–H and O–H groups in total. The Morgan fingerprint density at radius 3 is 2.38 bits per heavy atom. The summed E-state index contributed by atoms with van der Waals surface area (Å²) in [6.07, 6.45) is -0.764. The van der Waals surface area contributed by atoms with Crippen molar-refractivity contribution in [2.75, 3.05) is 18.4 Å². The van der Waals surface area contributed by atoms with Crippen LogP contribution in [-0.2, 0) is 14.3 Å². The van der Waals surface area contributed by atoms with Gasteiger partial charge in [-0.1, -0.05) is 12.1 Å². The number of para-hydroxylation sites is 2. The van der Waals surface area contributed by atoms with Crippen LogP contribution in [0.3, 0.4) is 0 Å². The highest BCUT2D eigenvalue weighted by molar-refractivity contribution is 5.96. The molecule has 1 saturated heterocycles. The fraction of sp³-hybridized carbons (Fsp3) is 0.348. The largest absolute Gasteiger partial charge is 0.452 e. The van der Waals surface area contributed by atoms with Crippen LogP contribution in [0.15, 0.2) is 42.5 Å². The Labute approximate surface area is 192 Å². The number of nitrogens with zero attached hydrogens (tertiary/aromatic N) is 1. The van der Waals surface area contributed by atoms with Gasteiger partial charge in [0.15, 0.2) is 6.10 Å². The molecule has 1 fully saturated rings. The first kappa shape index (κ1) is 25.0. The highest BCUT2D eigenvalue weighted by atomic mass is 19.3. The lowest BCUT2D eigenvalue weighted by Crippen LogP contribution is -2.42. The zero-order chi connectivity index (χ0) is 24.8. The van der Waals surface area contributed by atoms with Gasteiger partial charge in [0.25, 0.3) is 11.8 Å². The highest BCUT2D eigenvalue weighted by Gasteiger charge is 2.31. The summed E-state index contributed by atoms with van der Waals surface area (Å²) in [5, 5.41) is 2.38. The Hall–Kier alpha value is -3.63. The standard InChI is InChI=1S/C23H22F4N2O5/c1-13(20(30)28-18-4-2-3-5-19(18)34-23(26)27)33-22(32)14-8-10-29(11-9-14)21(31)16-7-6-15(24)12-17(16)25/h2-7,12-14,23H,8-11H2,1H3,(H,28,30). The van der Waals surface area contributed by atoms with Crippen LogP contribution in [0.25, 0.3) is 0 Å². The summed E-state index contributed by atoms with van der Waals surface area (Å²) < 4.78 is 61.5. The lowest BCUT2D eigenvalue weighted by molar-refractivity contribution is -0.158. The van der Waals surface area contributed by atoms with Crippen molar-refractivity contribution in [1.29, 1.82) is 0 Å². The van der Waals surface area contributed by atoms with Gasteiger partial charge < -0.3 is 19.7 Å². The monoisotopic (exact) mass is 482 g/mol. The molecule has 34 heavy (non-hydrogen) atoms. The second kappa shape index (κ2) is 11.0. The Balaban J connectivity index is 1.52. The summed E-state index contributed by atoms with van der Waals surface area (Å²) in [6, 6.07) is 8.27. The number of benzene rings is 2. The van der Waals surface area contributed by atoms with Gasteiger partial charge in [0.05, 0.1) is 17.2 Å². The lowest BCUT2D eigenvalue weighted by Gasteiger charge is -2.31. The van der Waals surface area contributed by atoms with Gasteiger partial charge in [0.1, 0.15) is 17.4 Å². The number of likely N-dealkylation sites (tertiary alicyclic amines) is 1. The third-order valence-electron chi connectivity index (χ3n) is 5.30. The quantitative estimate of drug-likeness (QED) is 0.477. The minimum absolute atomic E-state index is 0.00412. The van der Waals surface area contributed by atoms with E-state index < -0.39 is 48.1 Å². The van der Waals surface area contributed by atoms with Gasteiger partial charge in [-0.25, -0.2) is 8.78 Å². The molecular formula is C23H22F4N2O5. The van der Waals surface area contributed by atoms with Crippen molar-refractivity contribution in [1.82, 2.24) is 4.90 Å². The van der Waals surface area contributed by atoms with E-state index in [9.17, 15) is 31.9 Å². The molecule has 2 aromatic carbocycles.